The summed E-state index contributed by atoms with van der Waals surface area (Å²) < 4.78 is 23.2. The smallest absolute Gasteiger partial charge is 0.317 e. The van der Waals surface area contributed by atoms with Gasteiger partial charge in [-0.05, 0) is 19.3 Å². The number of hydrogen-bond acceptors (Lipinski definition) is 4. The van der Waals surface area contributed by atoms with E-state index in [2.05, 4.69) is 13.8 Å². The van der Waals surface area contributed by atoms with E-state index in [0.29, 0.717) is 6.42 Å². The summed E-state index contributed by atoms with van der Waals surface area (Å²) in [5, 5.41) is 9.07. The monoisotopic (exact) mass is 291 g/mol. The predicted octanol–water partition coefficient (Wildman–Crippen LogP) is 1.53. The lowest BCUT2D eigenvalue weighted by Gasteiger charge is -2.34. The maximum Gasteiger partial charge on any atom is 0.317 e. The third kappa shape index (κ3) is 5.10. The molecule has 0 bridgehead atoms. The van der Waals surface area contributed by atoms with Crippen LogP contribution in [0.5, 0.6) is 0 Å². The van der Waals surface area contributed by atoms with Crippen LogP contribution in [0.3, 0.4) is 0 Å². The van der Waals surface area contributed by atoms with Crippen LogP contribution in [0.2, 0.25) is 0 Å². The van der Waals surface area contributed by atoms with E-state index in [4.69, 9.17) is 5.11 Å². The Morgan fingerprint density at radius 1 is 1.32 bits per heavy atom. The zero-order valence-electron chi connectivity index (χ0n) is 11.8. The van der Waals surface area contributed by atoms with Crippen LogP contribution in [-0.2, 0) is 14.6 Å². The maximum atomic E-state index is 11.6. The van der Waals surface area contributed by atoms with E-state index in [-0.39, 0.29) is 30.1 Å². The van der Waals surface area contributed by atoms with Crippen LogP contribution >= 0.6 is 0 Å². The van der Waals surface area contributed by atoms with Gasteiger partial charge in [0.25, 0.3) is 0 Å². The Balaban J connectivity index is 2.83. The molecule has 1 N–H and O–H groups in total. The van der Waals surface area contributed by atoms with Gasteiger partial charge >= 0.3 is 5.97 Å². The highest BCUT2D eigenvalue weighted by atomic mass is 32.2. The molecule has 19 heavy (non-hydrogen) atoms. The van der Waals surface area contributed by atoms with Crippen molar-refractivity contribution >= 4 is 15.8 Å². The van der Waals surface area contributed by atoms with E-state index < -0.39 is 15.8 Å². The van der Waals surface area contributed by atoms with Crippen molar-refractivity contribution in [3.8, 4) is 0 Å². The Morgan fingerprint density at radius 3 is 2.26 bits per heavy atom. The molecule has 1 saturated heterocycles. The number of carboxylic acid groups (broad SMARTS) is 1. The van der Waals surface area contributed by atoms with Crippen molar-refractivity contribution in [2.24, 2.45) is 0 Å². The van der Waals surface area contributed by atoms with Crippen LogP contribution in [0.1, 0.15) is 46.0 Å². The Bertz CT molecular complexity index is 387. The fraction of sp³-hybridized carbons (Fsp3) is 0.923. The topological polar surface area (TPSA) is 74.7 Å². The minimum atomic E-state index is -2.97. The normalized spacial score (nSPS) is 22.2. The van der Waals surface area contributed by atoms with Crippen molar-refractivity contribution in [2.45, 2.75) is 58.0 Å². The molecule has 1 heterocycles. The molecule has 112 valence electrons. The lowest BCUT2D eigenvalue weighted by Crippen LogP contribution is -2.46. The van der Waals surface area contributed by atoms with Gasteiger partial charge in [-0.15, -0.1) is 0 Å². The molecule has 0 amide bonds. The van der Waals surface area contributed by atoms with Crippen LogP contribution in [0, 0.1) is 0 Å². The second-order valence-corrected chi connectivity index (χ2v) is 7.58. The molecule has 0 aromatic carbocycles. The van der Waals surface area contributed by atoms with Crippen molar-refractivity contribution in [3.05, 3.63) is 0 Å². The highest BCUT2D eigenvalue weighted by Crippen LogP contribution is 2.23. The van der Waals surface area contributed by atoms with E-state index in [1.54, 1.807) is 0 Å². The van der Waals surface area contributed by atoms with Gasteiger partial charge in [-0.1, -0.05) is 26.7 Å². The Kier molecular flexibility index (Phi) is 6.26. The molecule has 0 aromatic heterocycles. The molecule has 0 aliphatic carbocycles. The molecular formula is C13H25NO4S. The zero-order valence-corrected chi connectivity index (χ0v) is 12.7. The molecule has 0 saturated carbocycles. The molecule has 1 unspecified atom stereocenters. The summed E-state index contributed by atoms with van der Waals surface area (Å²) >= 11 is 0. The summed E-state index contributed by atoms with van der Waals surface area (Å²) in [5.41, 5.74) is 0. The van der Waals surface area contributed by atoms with E-state index in [1.165, 1.54) is 0 Å². The Hall–Kier alpha value is -0.620. The highest BCUT2D eigenvalue weighted by Gasteiger charge is 2.35. The molecule has 0 radical (unpaired) electrons. The molecule has 0 spiro atoms. The van der Waals surface area contributed by atoms with Gasteiger partial charge in [-0.2, -0.15) is 0 Å². The SMILES string of the molecule is CCCC(CCC)N(CC(=O)O)C1CCS(=O)(=O)C1. The van der Waals surface area contributed by atoms with Crippen LogP contribution in [0.25, 0.3) is 0 Å². The van der Waals surface area contributed by atoms with Crippen molar-refractivity contribution in [1.29, 1.82) is 0 Å². The summed E-state index contributed by atoms with van der Waals surface area (Å²) in [6, 6.07) is 0.0635. The summed E-state index contributed by atoms with van der Waals surface area (Å²) in [5.74, 6) is -0.565. The fourth-order valence-corrected chi connectivity index (χ4v) is 4.63. The van der Waals surface area contributed by atoms with Gasteiger partial charge in [0.2, 0.25) is 0 Å². The number of rotatable bonds is 8. The Labute approximate surface area is 115 Å². The average molecular weight is 291 g/mol. The molecule has 1 aliphatic heterocycles. The summed E-state index contributed by atoms with van der Waals surface area (Å²) in [6.07, 6.45) is 4.40. The third-order valence-corrected chi connectivity index (χ3v) is 5.46. The van der Waals surface area contributed by atoms with Crippen LogP contribution < -0.4 is 0 Å². The molecule has 6 heteroatoms. The van der Waals surface area contributed by atoms with Crippen LogP contribution in [0.15, 0.2) is 0 Å². The second-order valence-electron chi connectivity index (χ2n) is 5.35. The van der Waals surface area contributed by atoms with E-state index >= 15 is 0 Å². The average Bonchev–Trinajstić information content (AvgIpc) is 2.66. The van der Waals surface area contributed by atoms with Gasteiger partial charge in [-0.25, -0.2) is 8.42 Å². The van der Waals surface area contributed by atoms with Crippen molar-refractivity contribution < 1.29 is 18.3 Å². The van der Waals surface area contributed by atoms with Gasteiger partial charge in [0.05, 0.1) is 18.1 Å². The first-order valence-electron chi connectivity index (χ1n) is 7.07. The lowest BCUT2D eigenvalue weighted by atomic mass is 10.0. The van der Waals surface area contributed by atoms with Gasteiger partial charge in [0.1, 0.15) is 0 Å². The second kappa shape index (κ2) is 7.24. The standard InChI is InChI=1S/C13H25NO4S/c1-3-5-11(6-4-2)14(9-13(15)16)12-7-8-19(17,18)10-12/h11-12H,3-10H2,1-2H3,(H,15,16). The van der Waals surface area contributed by atoms with Crippen molar-refractivity contribution in [2.75, 3.05) is 18.1 Å². The first-order chi connectivity index (χ1) is 8.89. The predicted molar refractivity (Wildman–Crippen MR) is 75.0 cm³/mol. The first-order valence-corrected chi connectivity index (χ1v) is 8.89. The molecule has 1 fully saturated rings. The number of nitrogens with zero attached hydrogens (tertiary/aromatic N) is 1. The minimum absolute atomic E-state index is 0.0507. The number of aliphatic carboxylic acids is 1. The van der Waals surface area contributed by atoms with Crippen LogP contribution in [0.4, 0.5) is 0 Å². The summed E-state index contributed by atoms with van der Waals surface area (Å²) in [4.78, 5) is 13.0. The number of hydrogen-bond donors (Lipinski definition) is 1. The highest BCUT2D eigenvalue weighted by molar-refractivity contribution is 7.91. The first kappa shape index (κ1) is 16.4. The summed E-state index contributed by atoms with van der Waals surface area (Å²) in [6.45, 7) is 4.10. The zero-order chi connectivity index (χ0) is 14.5. The molecule has 1 rings (SSSR count). The molecule has 0 aromatic rings. The number of carboxylic acids is 1. The number of sulfone groups is 1. The Morgan fingerprint density at radius 2 is 1.89 bits per heavy atom. The third-order valence-electron chi connectivity index (χ3n) is 3.71. The van der Waals surface area contributed by atoms with E-state index in [9.17, 15) is 13.2 Å². The van der Waals surface area contributed by atoms with Crippen LogP contribution in [-0.4, -0.2) is 54.5 Å². The molecule has 1 atom stereocenters. The van der Waals surface area contributed by atoms with Crippen molar-refractivity contribution in [3.63, 3.8) is 0 Å². The van der Waals surface area contributed by atoms with Gasteiger partial charge in [-0.3, -0.25) is 9.69 Å². The fourth-order valence-electron chi connectivity index (χ4n) is 2.89. The van der Waals surface area contributed by atoms with Gasteiger partial charge in [0.15, 0.2) is 9.84 Å². The van der Waals surface area contributed by atoms with E-state index in [1.807, 2.05) is 4.90 Å². The largest absolute Gasteiger partial charge is 0.480 e. The minimum Gasteiger partial charge on any atom is -0.480 e. The molecule has 1 aliphatic rings. The molecular weight excluding hydrogens is 266 g/mol. The summed E-state index contributed by atoms with van der Waals surface area (Å²) in [7, 11) is -2.97. The maximum absolute atomic E-state index is 11.6. The molecule has 5 nitrogen and oxygen atoms in total. The lowest BCUT2D eigenvalue weighted by molar-refractivity contribution is -0.139. The number of carbonyl (C=O) groups is 1. The quantitative estimate of drug-likeness (QED) is 0.734. The van der Waals surface area contributed by atoms with Gasteiger partial charge in [0, 0.05) is 12.1 Å². The van der Waals surface area contributed by atoms with Gasteiger partial charge < -0.3 is 5.11 Å². The van der Waals surface area contributed by atoms with E-state index in [0.717, 1.165) is 25.7 Å². The van der Waals surface area contributed by atoms with Crippen molar-refractivity contribution in [1.82, 2.24) is 4.90 Å².